The minimum absolute atomic E-state index is 0.170. The summed E-state index contributed by atoms with van der Waals surface area (Å²) in [6, 6.07) is 0. The maximum Gasteiger partial charge on any atom is 0.253 e. The van der Waals surface area contributed by atoms with E-state index in [0.717, 1.165) is 0 Å². The van der Waals surface area contributed by atoms with Crippen molar-refractivity contribution < 1.29 is 24.1 Å². The summed E-state index contributed by atoms with van der Waals surface area (Å²) in [5.41, 5.74) is 0.375. The molecule has 7 heteroatoms. The number of halogens is 1. The van der Waals surface area contributed by atoms with Crippen molar-refractivity contribution in [2.45, 2.75) is 45.4 Å². The van der Waals surface area contributed by atoms with Gasteiger partial charge in [-0.15, -0.1) is 0 Å². The Hall–Kier alpha value is -1.44. The summed E-state index contributed by atoms with van der Waals surface area (Å²) in [7, 11) is 0. The van der Waals surface area contributed by atoms with E-state index in [1.165, 1.54) is 11.1 Å². The third-order valence-electron chi connectivity index (χ3n) is 3.01. The van der Waals surface area contributed by atoms with Crippen LogP contribution in [-0.4, -0.2) is 52.2 Å². The number of ether oxygens (including phenoxy) is 1. The SMILES string of the molecule is C=C1NC(=O)C(C)=CN1C1OC(CO)[C@@H](O)C1F.CC. The molecule has 0 aromatic carbocycles. The second-order valence-corrected chi connectivity index (χ2v) is 4.30. The first-order valence-corrected chi connectivity index (χ1v) is 6.51. The van der Waals surface area contributed by atoms with E-state index in [2.05, 4.69) is 11.9 Å². The average molecular weight is 288 g/mol. The molecule has 6 nitrogen and oxygen atoms in total. The number of carbonyl (C=O) groups is 1. The van der Waals surface area contributed by atoms with E-state index >= 15 is 0 Å². The van der Waals surface area contributed by atoms with Crippen LogP contribution in [0, 0.1) is 0 Å². The van der Waals surface area contributed by atoms with Crippen LogP contribution in [0.25, 0.3) is 0 Å². The lowest BCUT2D eigenvalue weighted by molar-refractivity contribution is -0.119. The number of aliphatic hydroxyl groups excluding tert-OH is 2. The molecule has 0 aromatic heterocycles. The van der Waals surface area contributed by atoms with Crippen molar-refractivity contribution in [1.29, 1.82) is 0 Å². The van der Waals surface area contributed by atoms with Crippen molar-refractivity contribution in [2.75, 3.05) is 6.61 Å². The van der Waals surface area contributed by atoms with Crippen LogP contribution in [0.3, 0.4) is 0 Å². The van der Waals surface area contributed by atoms with Gasteiger partial charge in [0.1, 0.15) is 18.0 Å². The first kappa shape index (κ1) is 16.6. The van der Waals surface area contributed by atoms with E-state index in [4.69, 9.17) is 9.84 Å². The highest BCUT2D eigenvalue weighted by Crippen LogP contribution is 2.29. The molecular weight excluding hydrogens is 267 g/mol. The number of hydrogen-bond acceptors (Lipinski definition) is 5. The third-order valence-corrected chi connectivity index (χ3v) is 3.01. The standard InChI is InChI=1S/C11H15FN2O4.C2H6/c1-5-3-14(6(2)13-10(5)17)11-8(12)9(16)7(4-15)18-11;1-2/h3,7-9,11,15-16H,2,4H2,1H3,(H,13,17);1-2H3/t7?,8?,9-,11?;/m1./s1. The van der Waals surface area contributed by atoms with Gasteiger partial charge in [0.2, 0.25) is 0 Å². The highest BCUT2D eigenvalue weighted by Gasteiger charge is 2.47. The van der Waals surface area contributed by atoms with Gasteiger partial charge in [0.05, 0.1) is 6.61 Å². The zero-order valence-electron chi connectivity index (χ0n) is 11.8. The maximum absolute atomic E-state index is 13.9. The summed E-state index contributed by atoms with van der Waals surface area (Å²) in [6.07, 6.45) is -3.79. The number of amides is 1. The summed E-state index contributed by atoms with van der Waals surface area (Å²) < 4.78 is 19.1. The monoisotopic (exact) mass is 288 g/mol. The second kappa shape index (κ2) is 6.83. The molecule has 3 N–H and O–H groups in total. The van der Waals surface area contributed by atoms with Crippen LogP contribution in [-0.2, 0) is 9.53 Å². The van der Waals surface area contributed by atoms with Gasteiger partial charge in [-0.2, -0.15) is 0 Å². The fourth-order valence-corrected chi connectivity index (χ4v) is 1.94. The van der Waals surface area contributed by atoms with Gasteiger partial charge >= 0.3 is 0 Å². The highest BCUT2D eigenvalue weighted by atomic mass is 19.1. The molecular formula is C13H21FN2O4. The summed E-state index contributed by atoms with van der Waals surface area (Å²) in [4.78, 5) is 12.6. The predicted octanol–water partition coefficient (Wildman–Crippen LogP) is 0.236. The van der Waals surface area contributed by atoms with Crippen LogP contribution in [0.15, 0.2) is 24.2 Å². The zero-order chi connectivity index (χ0) is 15.4. The lowest BCUT2D eigenvalue weighted by Gasteiger charge is -2.33. The van der Waals surface area contributed by atoms with Crippen LogP contribution < -0.4 is 5.32 Å². The third kappa shape index (κ3) is 3.00. The Morgan fingerprint density at radius 1 is 1.55 bits per heavy atom. The molecule has 0 bridgehead atoms. The minimum Gasteiger partial charge on any atom is -0.394 e. The lowest BCUT2D eigenvalue weighted by atomic mass is 10.1. The van der Waals surface area contributed by atoms with Crippen LogP contribution in [0.2, 0.25) is 0 Å². The smallest absolute Gasteiger partial charge is 0.253 e. The number of hydrogen-bond donors (Lipinski definition) is 3. The van der Waals surface area contributed by atoms with Crippen molar-refractivity contribution >= 4 is 5.91 Å². The normalized spacial score (nSPS) is 33.3. The maximum atomic E-state index is 13.9. The molecule has 0 radical (unpaired) electrons. The zero-order valence-corrected chi connectivity index (χ0v) is 11.8. The Kier molecular flexibility index (Phi) is 5.67. The van der Waals surface area contributed by atoms with Crippen molar-refractivity contribution in [1.82, 2.24) is 10.2 Å². The highest BCUT2D eigenvalue weighted by molar-refractivity contribution is 5.94. The van der Waals surface area contributed by atoms with E-state index in [1.54, 1.807) is 6.92 Å². The molecule has 1 fully saturated rings. The number of aliphatic hydroxyl groups is 2. The Bertz CT molecular complexity index is 413. The van der Waals surface area contributed by atoms with E-state index in [0.29, 0.717) is 5.57 Å². The quantitative estimate of drug-likeness (QED) is 0.678. The first-order chi connectivity index (χ1) is 9.45. The molecule has 1 saturated heterocycles. The molecule has 2 rings (SSSR count). The van der Waals surface area contributed by atoms with Crippen LogP contribution in [0.1, 0.15) is 20.8 Å². The average Bonchev–Trinajstić information content (AvgIpc) is 2.73. The molecule has 2 aliphatic heterocycles. The van der Waals surface area contributed by atoms with Crippen molar-refractivity contribution in [2.24, 2.45) is 0 Å². The number of alkyl halides is 1. The Morgan fingerprint density at radius 2 is 2.15 bits per heavy atom. The fraction of sp³-hybridized carbons (Fsp3) is 0.615. The fourth-order valence-electron chi connectivity index (χ4n) is 1.94. The van der Waals surface area contributed by atoms with Crippen LogP contribution >= 0.6 is 0 Å². The summed E-state index contributed by atoms with van der Waals surface area (Å²) in [6.45, 7) is 8.68. The van der Waals surface area contributed by atoms with E-state index < -0.39 is 31.2 Å². The Morgan fingerprint density at radius 3 is 2.65 bits per heavy atom. The van der Waals surface area contributed by atoms with Gasteiger partial charge in [0.25, 0.3) is 5.91 Å². The van der Waals surface area contributed by atoms with E-state index in [-0.39, 0.29) is 11.7 Å². The Balaban J connectivity index is 0.000000956. The molecule has 0 spiro atoms. The molecule has 1 amide bonds. The van der Waals surface area contributed by atoms with Crippen molar-refractivity contribution in [3.8, 4) is 0 Å². The summed E-state index contributed by atoms with van der Waals surface area (Å²) in [5.74, 6) is -0.145. The van der Waals surface area contributed by atoms with Gasteiger partial charge in [0, 0.05) is 11.8 Å². The summed E-state index contributed by atoms with van der Waals surface area (Å²) >= 11 is 0. The molecule has 114 valence electrons. The van der Waals surface area contributed by atoms with Crippen molar-refractivity contribution in [3.05, 3.63) is 24.2 Å². The summed E-state index contributed by atoms with van der Waals surface area (Å²) in [5, 5.41) is 20.9. The molecule has 2 aliphatic rings. The molecule has 0 aliphatic carbocycles. The van der Waals surface area contributed by atoms with Gasteiger partial charge in [-0.25, -0.2) is 4.39 Å². The molecule has 2 heterocycles. The van der Waals surface area contributed by atoms with E-state index in [9.17, 15) is 14.3 Å². The van der Waals surface area contributed by atoms with Gasteiger partial charge in [-0.3, -0.25) is 4.79 Å². The number of nitrogens with zero attached hydrogens (tertiary/aromatic N) is 1. The topological polar surface area (TPSA) is 82.0 Å². The minimum atomic E-state index is -1.70. The van der Waals surface area contributed by atoms with Gasteiger partial charge in [0.15, 0.2) is 12.4 Å². The second-order valence-electron chi connectivity index (χ2n) is 4.30. The van der Waals surface area contributed by atoms with Gasteiger partial charge < -0.3 is 25.2 Å². The molecule has 3 unspecified atom stereocenters. The van der Waals surface area contributed by atoms with Crippen molar-refractivity contribution in [3.63, 3.8) is 0 Å². The van der Waals surface area contributed by atoms with Crippen LogP contribution in [0.5, 0.6) is 0 Å². The molecule has 0 saturated carbocycles. The molecule has 20 heavy (non-hydrogen) atoms. The largest absolute Gasteiger partial charge is 0.394 e. The number of rotatable bonds is 2. The predicted molar refractivity (Wildman–Crippen MR) is 70.9 cm³/mol. The Labute approximate surface area is 117 Å². The van der Waals surface area contributed by atoms with Crippen LogP contribution in [0.4, 0.5) is 4.39 Å². The number of nitrogens with one attached hydrogen (secondary N) is 1. The molecule has 4 atom stereocenters. The molecule has 0 aromatic rings. The lowest BCUT2D eigenvalue weighted by Crippen LogP contribution is -2.46. The van der Waals surface area contributed by atoms with Gasteiger partial charge in [-0.05, 0) is 6.92 Å². The first-order valence-electron chi connectivity index (χ1n) is 6.51. The number of carbonyl (C=O) groups excluding carboxylic acids is 1. The van der Waals surface area contributed by atoms with Gasteiger partial charge in [-0.1, -0.05) is 20.4 Å². The van der Waals surface area contributed by atoms with E-state index in [1.807, 2.05) is 13.8 Å².